The Balaban J connectivity index is 2.49. The van der Waals surface area contributed by atoms with Crippen molar-refractivity contribution in [1.82, 2.24) is 5.32 Å². The van der Waals surface area contributed by atoms with Crippen LogP contribution >= 0.6 is 0 Å². The quantitative estimate of drug-likeness (QED) is 0.747. The monoisotopic (exact) mass is 245 g/mol. The van der Waals surface area contributed by atoms with Crippen LogP contribution in [0.4, 0.5) is 0 Å². The SMILES string of the molecule is COC(=O)[C@@H](NC1COC(C)(C)OC1)C(C)C. The third-order valence-electron chi connectivity index (χ3n) is 2.80. The molecule has 1 fully saturated rings. The Kier molecular flexibility index (Phi) is 4.91. The summed E-state index contributed by atoms with van der Waals surface area (Å²) >= 11 is 0. The normalized spacial score (nSPS) is 22.5. The fourth-order valence-electron chi connectivity index (χ4n) is 1.70. The van der Waals surface area contributed by atoms with Crippen LogP contribution in [0.1, 0.15) is 27.7 Å². The number of hydrogen-bond donors (Lipinski definition) is 1. The van der Waals surface area contributed by atoms with E-state index in [0.29, 0.717) is 13.2 Å². The number of rotatable bonds is 4. The summed E-state index contributed by atoms with van der Waals surface area (Å²) in [6.45, 7) is 8.78. The molecule has 0 bridgehead atoms. The molecule has 0 amide bonds. The van der Waals surface area contributed by atoms with Crippen LogP contribution in [-0.4, -0.2) is 44.2 Å². The van der Waals surface area contributed by atoms with Crippen molar-refractivity contribution in [1.29, 1.82) is 0 Å². The van der Waals surface area contributed by atoms with E-state index in [0.717, 1.165) is 0 Å². The predicted molar refractivity (Wildman–Crippen MR) is 63.5 cm³/mol. The molecule has 0 spiro atoms. The minimum Gasteiger partial charge on any atom is -0.468 e. The first-order chi connectivity index (χ1) is 7.85. The average molecular weight is 245 g/mol. The molecular formula is C12H23NO4. The zero-order valence-corrected chi connectivity index (χ0v) is 11.3. The molecule has 0 unspecified atom stereocenters. The van der Waals surface area contributed by atoms with Gasteiger partial charge in [-0.3, -0.25) is 10.1 Å². The topological polar surface area (TPSA) is 56.8 Å². The van der Waals surface area contributed by atoms with Gasteiger partial charge in [0.25, 0.3) is 0 Å². The number of hydrogen-bond acceptors (Lipinski definition) is 5. The smallest absolute Gasteiger partial charge is 0.323 e. The van der Waals surface area contributed by atoms with E-state index >= 15 is 0 Å². The summed E-state index contributed by atoms with van der Waals surface area (Å²) in [5, 5.41) is 3.22. The first kappa shape index (κ1) is 14.4. The number of carbonyl (C=O) groups is 1. The van der Waals surface area contributed by atoms with Gasteiger partial charge in [0.15, 0.2) is 5.79 Å². The lowest BCUT2D eigenvalue weighted by molar-refractivity contribution is -0.253. The van der Waals surface area contributed by atoms with Crippen molar-refractivity contribution < 1.29 is 19.0 Å². The third-order valence-corrected chi connectivity index (χ3v) is 2.80. The van der Waals surface area contributed by atoms with Gasteiger partial charge in [-0.1, -0.05) is 13.8 Å². The third kappa shape index (κ3) is 4.26. The van der Waals surface area contributed by atoms with Crippen LogP contribution in [0.3, 0.4) is 0 Å². The summed E-state index contributed by atoms with van der Waals surface area (Å²) in [5.41, 5.74) is 0. The van der Waals surface area contributed by atoms with Crippen LogP contribution in [-0.2, 0) is 19.0 Å². The molecule has 0 radical (unpaired) electrons. The summed E-state index contributed by atoms with van der Waals surface area (Å²) in [6, 6.07) is -0.298. The van der Waals surface area contributed by atoms with Gasteiger partial charge in [0.05, 0.1) is 26.4 Å². The molecule has 100 valence electrons. The molecule has 0 aromatic carbocycles. The van der Waals surface area contributed by atoms with Gasteiger partial charge in [0.2, 0.25) is 0 Å². The van der Waals surface area contributed by atoms with E-state index in [4.69, 9.17) is 14.2 Å². The number of ether oxygens (including phenoxy) is 3. The number of carbonyl (C=O) groups excluding carboxylic acids is 1. The summed E-state index contributed by atoms with van der Waals surface area (Å²) in [5.74, 6) is -0.612. The molecular weight excluding hydrogens is 222 g/mol. The minimum absolute atomic E-state index is 0.0227. The Bertz CT molecular complexity index is 255. The van der Waals surface area contributed by atoms with E-state index in [1.807, 2.05) is 27.7 Å². The van der Waals surface area contributed by atoms with Crippen LogP contribution in [0, 0.1) is 5.92 Å². The summed E-state index contributed by atoms with van der Waals surface area (Å²) in [7, 11) is 1.40. The predicted octanol–water partition coefficient (Wildman–Crippen LogP) is 0.925. The number of methoxy groups -OCH3 is 1. The van der Waals surface area contributed by atoms with E-state index < -0.39 is 5.79 Å². The number of nitrogens with one attached hydrogen (secondary N) is 1. The largest absolute Gasteiger partial charge is 0.468 e. The van der Waals surface area contributed by atoms with Crippen molar-refractivity contribution in [2.45, 2.75) is 45.6 Å². The summed E-state index contributed by atoms with van der Waals surface area (Å²) in [4.78, 5) is 11.6. The molecule has 0 saturated carbocycles. The molecule has 5 nitrogen and oxygen atoms in total. The zero-order valence-electron chi connectivity index (χ0n) is 11.3. The number of esters is 1. The summed E-state index contributed by atoms with van der Waals surface area (Å²) < 4.78 is 15.8. The van der Waals surface area contributed by atoms with Crippen molar-refractivity contribution in [3.8, 4) is 0 Å². The van der Waals surface area contributed by atoms with Gasteiger partial charge in [-0.2, -0.15) is 0 Å². The van der Waals surface area contributed by atoms with Crippen molar-refractivity contribution in [2.24, 2.45) is 5.92 Å². The minimum atomic E-state index is -0.531. The van der Waals surface area contributed by atoms with E-state index in [-0.39, 0.29) is 24.0 Å². The first-order valence-electron chi connectivity index (χ1n) is 5.97. The molecule has 1 aliphatic rings. The van der Waals surface area contributed by atoms with E-state index in [9.17, 15) is 4.79 Å². The Morgan fingerprint density at radius 1 is 1.35 bits per heavy atom. The first-order valence-corrected chi connectivity index (χ1v) is 5.97. The molecule has 1 saturated heterocycles. The van der Waals surface area contributed by atoms with Crippen molar-refractivity contribution in [2.75, 3.05) is 20.3 Å². The van der Waals surface area contributed by atoms with Crippen LogP contribution < -0.4 is 5.32 Å². The lowest BCUT2D eigenvalue weighted by Gasteiger charge is -2.37. The molecule has 1 aliphatic heterocycles. The van der Waals surface area contributed by atoms with Gasteiger partial charge in [0, 0.05) is 0 Å². The highest BCUT2D eigenvalue weighted by Crippen LogP contribution is 2.18. The van der Waals surface area contributed by atoms with Gasteiger partial charge >= 0.3 is 5.97 Å². The maximum absolute atomic E-state index is 11.6. The van der Waals surface area contributed by atoms with E-state index in [1.165, 1.54) is 7.11 Å². The van der Waals surface area contributed by atoms with Gasteiger partial charge in [-0.15, -0.1) is 0 Å². The highest BCUT2D eigenvalue weighted by molar-refractivity contribution is 5.75. The second-order valence-corrected chi connectivity index (χ2v) is 5.13. The molecule has 1 atom stereocenters. The summed E-state index contributed by atoms with van der Waals surface area (Å²) in [6.07, 6.45) is 0. The van der Waals surface area contributed by atoms with Crippen LogP contribution in [0.15, 0.2) is 0 Å². The Labute approximate surface area is 103 Å². The molecule has 1 N–H and O–H groups in total. The standard InChI is InChI=1S/C12H23NO4/c1-8(2)10(11(14)15-5)13-9-6-16-12(3,4)17-7-9/h8-10,13H,6-7H2,1-5H3/t10-/m0/s1. The Morgan fingerprint density at radius 3 is 2.29 bits per heavy atom. The van der Waals surface area contributed by atoms with Gasteiger partial charge in [0.1, 0.15) is 6.04 Å². The van der Waals surface area contributed by atoms with Crippen LogP contribution in [0.2, 0.25) is 0 Å². The van der Waals surface area contributed by atoms with Crippen molar-refractivity contribution >= 4 is 5.97 Å². The van der Waals surface area contributed by atoms with Crippen molar-refractivity contribution in [3.05, 3.63) is 0 Å². The fraction of sp³-hybridized carbons (Fsp3) is 0.917. The molecule has 0 aliphatic carbocycles. The zero-order chi connectivity index (χ0) is 13.1. The van der Waals surface area contributed by atoms with Gasteiger partial charge in [-0.05, 0) is 19.8 Å². The second kappa shape index (κ2) is 5.80. The van der Waals surface area contributed by atoms with E-state index in [1.54, 1.807) is 0 Å². The average Bonchev–Trinajstić information content (AvgIpc) is 2.26. The van der Waals surface area contributed by atoms with E-state index in [2.05, 4.69) is 5.32 Å². The second-order valence-electron chi connectivity index (χ2n) is 5.13. The maximum Gasteiger partial charge on any atom is 0.323 e. The molecule has 0 aromatic rings. The molecule has 0 aromatic heterocycles. The van der Waals surface area contributed by atoms with Gasteiger partial charge in [-0.25, -0.2) is 0 Å². The Morgan fingerprint density at radius 2 is 1.88 bits per heavy atom. The molecule has 1 rings (SSSR count). The van der Waals surface area contributed by atoms with Crippen LogP contribution in [0.5, 0.6) is 0 Å². The molecule has 1 heterocycles. The van der Waals surface area contributed by atoms with Gasteiger partial charge < -0.3 is 14.2 Å². The lowest BCUT2D eigenvalue weighted by atomic mass is 10.0. The van der Waals surface area contributed by atoms with Crippen molar-refractivity contribution in [3.63, 3.8) is 0 Å². The molecule has 17 heavy (non-hydrogen) atoms. The molecule has 5 heteroatoms. The van der Waals surface area contributed by atoms with Crippen LogP contribution in [0.25, 0.3) is 0 Å². The lowest BCUT2D eigenvalue weighted by Crippen LogP contribution is -2.55. The highest BCUT2D eigenvalue weighted by Gasteiger charge is 2.32. The highest BCUT2D eigenvalue weighted by atomic mass is 16.7. The maximum atomic E-state index is 11.6. The fourth-order valence-corrected chi connectivity index (χ4v) is 1.70. The Hall–Kier alpha value is -0.650.